The van der Waals surface area contributed by atoms with Crippen LogP contribution >= 0.6 is 12.6 Å². The van der Waals surface area contributed by atoms with Gasteiger partial charge in [0.2, 0.25) is 0 Å². The third kappa shape index (κ3) is 2.50. The third-order valence-electron chi connectivity index (χ3n) is 1.02. The van der Waals surface area contributed by atoms with Crippen molar-refractivity contribution in [1.82, 2.24) is 4.98 Å². The van der Waals surface area contributed by atoms with Crippen LogP contribution in [0.4, 0.5) is 5.82 Å². The summed E-state index contributed by atoms with van der Waals surface area (Å²) in [4.78, 5) is 4.88. The largest absolute Gasteiger partial charge is 0.372 e. The van der Waals surface area contributed by atoms with E-state index in [-0.39, 0.29) is 29.6 Å². The van der Waals surface area contributed by atoms with Crippen LogP contribution in [0.25, 0.3) is 0 Å². The van der Waals surface area contributed by atoms with Gasteiger partial charge in [-0.05, 0) is 12.1 Å². The van der Waals surface area contributed by atoms with Crippen LogP contribution in [-0.4, -0.2) is 41.6 Å². The standard InChI is InChI=1S/C6H8N2S.Na/c1-7-6-5(9)3-2-4-8-6;/h2-4,9H,1H3,(H,7,8);. The summed E-state index contributed by atoms with van der Waals surface area (Å²) in [6.07, 6.45) is 1.73. The van der Waals surface area contributed by atoms with Gasteiger partial charge in [0.25, 0.3) is 0 Å². The minimum absolute atomic E-state index is 0. The number of anilines is 1. The molecule has 0 aliphatic heterocycles. The Kier molecular flexibility index (Phi) is 5.17. The maximum absolute atomic E-state index is 4.15. The van der Waals surface area contributed by atoms with Gasteiger partial charge in [0.15, 0.2) is 0 Å². The Morgan fingerprint density at radius 3 is 2.70 bits per heavy atom. The molecule has 1 N–H and O–H groups in total. The second kappa shape index (κ2) is 5.02. The van der Waals surface area contributed by atoms with Gasteiger partial charge in [0.05, 0.1) is 0 Å². The summed E-state index contributed by atoms with van der Waals surface area (Å²) >= 11 is 4.15. The molecule has 0 saturated carbocycles. The SMILES string of the molecule is CNc1ncccc1S.[Na]. The molecule has 0 aliphatic rings. The van der Waals surface area contributed by atoms with E-state index in [1.54, 1.807) is 6.20 Å². The summed E-state index contributed by atoms with van der Waals surface area (Å²) in [5.74, 6) is 0.820. The predicted molar refractivity (Wildman–Crippen MR) is 46.8 cm³/mol. The van der Waals surface area contributed by atoms with Crippen molar-refractivity contribution in [3.63, 3.8) is 0 Å². The van der Waals surface area contributed by atoms with Crippen LogP contribution in [0.1, 0.15) is 0 Å². The van der Waals surface area contributed by atoms with Gasteiger partial charge in [0.1, 0.15) is 5.82 Å². The number of pyridine rings is 1. The molecule has 0 unspecified atom stereocenters. The first-order valence-electron chi connectivity index (χ1n) is 2.66. The first-order valence-corrected chi connectivity index (χ1v) is 3.11. The number of rotatable bonds is 1. The Labute approximate surface area is 88.1 Å². The molecule has 1 rings (SSSR count). The number of hydrogen-bond acceptors (Lipinski definition) is 3. The van der Waals surface area contributed by atoms with E-state index in [1.807, 2.05) is 19.2 Å². The first kappa shape index (κ1) is 10.3. The van der Waals surface area contributed by atoms with Crippen molar-refractivity contribution in [2.75, 3.05) is 12.4 Å². The summed E-state index contributed by atoms with van der Waals surface area (Å²) in [5, 5.41) is 2.91. The normalized spacial score (nSPS) is 8.20. The van der Waals surface area contributed by atoms with Crippen LogP contribution in [-0.2, 0) is 0 Å². The van der Waals surface area contributed by atoms with Gasteiger partial charge >= 0.3 is 0 Å². The van der Waals surface area contributed by atoms with Gasteiger partial charge in [-0.15, -0.1) is 12.6 Å². The van der Waals surface area contributed by atoms with E-state index < -0.39 is 0 Å². The van der Waals surface area contributed by atoms with Crippen LogP contribution in [0.2, 0.25) is 0 Å². The van der Waals surface area contributed by atoms with Gasteiger partial charge in [0, 0.05) is 47.7 Å². The molecular formula is C6H8N2NaS. The van der Waals surface area contributed by atoms with Gasteiger partial charge < -0.3 is 5.32 Å². The van der Waals surface area contributed by atoms with Gasteiger partial charge in [-0.1, -0.05) is 0 Å². The van der Waals surface area contributed by atoms with E-state index in [0.29, 0.717) is 0 Å². The van der Waals surface area contributed by atoms with E-state index in [0.717, 1.165) is 10.7 Å². The van der Waals surface area contributed by atoms with Crippen LogP contribution in [0.15, 0.2) is 23.2 Å². The Balaban J connectivity index is 0.000000810. The average Bonchev–Trinajstić information content (AvgIpc) is 1.89. The maximum Gasteiger partial charge on any atom is 0.139 e. The molecule has 0 bridgehead atoms. The molecule has 0 aliphatic carbocycles. The van der Waals surface area contributed by atoms with Crippen molar-refractivity contribution in [3.8, 4) is 0 Å². The zero-order valence-corrected chi connectivity index (χ0v) is 9.02. The fourth-order valence-corrected chi connectivity index (χ4v) is 0.845. The van der Waals surface area contributed by atoms with Crippen LogP contribution in [0.5, 0.6) is 0 Å². The molecule has 0 saturated heterocycles. The molecule has 49 valence electrons. The number of nitrogens with zero attached hydrogens (tertiary/aromatic N) is 1. The maximum atomic E-state index is 4.15. The summed E-state index contributed by atoms with van der Waals surface area (Å²) in [7, 11) is 1.82. The Morgan fingerprint density at radius 2 is 2.30 bits per heavy atom. The van der Waals surface area contributed by atoms with E-state index in [9.17, 15) is 0 Å². The molecule has 1 aromatic rings. The van der Waals surface area contributed by atoms with Gasteiger partial charge in [-0.3, -0.25) is 0 Å². The van der Waals surface area contributed by atoms with Crippen molar-refractivity contribution in [1.29, 1.82) is 0 Å². The first-order chi connectivity index (χ1) is 4.34. The molecule has 1 heterocycles. The quantitative estimate of drug-likeness (QED) is 0.477. The molecule has 0 amide bonds. The summed E-state index contributed by atoms with van der Waals surface area (Å²) in [6.45, 7) is 0. The summed E-state index contributed by atoms with van der Waals surface area (Å²) < 4.78 is 0. The third-order valence-corrected chi connectivity index (χ3v) is 1.38. The van der Waals surface area contributed by atoms with Crippen LogP contribution in [0, 0.1) is 0 Å². The van der Waals surface area contributed by atoms with Crippen molar-refractivity contribution in [2.24, 2.45) is 0 Å². The average molecular weight is 163 g/mol. The molecule has 2 nitrogen and oxygen atoms in total. The van der Waals surface area contributed by atoms with Crippen LogP contribution in [0.3, 0.4) is 0 Å². The number of hydrogen-bond donors (Lipinski definition) is 2. The molecule has 0 spiro atoms. The van der Waals surface area contributed by atoms with Gasteiger partial charge in [-0.25, -0.2) is 4.98 Å². The molecule has 0 fully saturated rings. The van der Waals surface area contributed by atoms with Crippen LogP contribution < -0.4 is 5.32 Å². The topological polar surface area (TPSA) is 24.9 Å². The van der Waals surface area contributed by atoms with E-state index in [4.69, 9.17) is 0 Å². The molecule has 1 radical (unpaired) electrons. The number of aromatic nitrogens is 1. The molecule has 10 heavy (non-hydrogen) atoms. The predicted octanol–water partition coefficient (Wildman–Crippen LogP) is 1.03. The van der Waals surface area contributed by atoms with Crippen molar-refractivity contribution >= 4 is 48.0 Å². The van der Waals surface area contributed by atoms with E-state index in [2.05, 4.69) is 22.9 Å². The molecule has 0 atom stereocenters. The van der Waals surface area contributed by atoms with Crippen molar-refractivity contribution < 1.29 is 0 Å². The number of thiol groups is 1. The fraction of sp³-hybridized carbons (Fsp3) is 0.167. The molecule has 0 aromatic carbocycles. The van der Waals surface area contributed by atoms with E-state index in [1.165, 1.54) is 0 Å². The van der Waals surface area contributed by atoms with E-state index >= 15 is 0 Å². The minimum atomic E-state index is 0. The fourth-order valence-electron chi connectivity index (χ4n) is 0.589. The second-order valence-electron chi connectivity index (χ2n) is 1.62. The van der Waals surface area contributed by atoms with Crippen molar-refractivity contribution in [2.45, 2.75) is 4.90 Å². The Bertz CT molecular complexity index is 205. The second-order valence-corrected chi connectivity index (χ2v) is 2.10. The number of nitrogens with one attached hydrogen (secondary N) is 1. The zero-order chi connectivity index (χ0) is 6.69. The van der Waals surface area contributed by atoms with Crippen molar-refractivity contribution in [3.05, 3.63) is 18.3 Å². The molecular weight excluding hydrogens is 155 g/mol. The zero-order valence-electron chi connectivity index (χ0n) is 6.13. The smallest absolute Gasteiger partial charge is 0.139 e. The Hall–Kier alpha value is 0.300. The molecule has 4 heteroatoms. The minimum Gasteiger partial charge on any atom is -0.372 e. The summed E-state index contributed by atoms with van der Waals surface area (Å²) in [5.41, 5.74) is 0. The van der Waals surface area contributed by atoms with Gasteiger partial charge in [-0.2, -0.15) is 0 Å². The monoisotopic (exact) mass is 163 g/mol. The summed E-state index contributed by atoms with van der Waals surface area (Å²) in [6, 6.07) is 3.74. The molecule has 1 aromatic heterocycles. The Morgan fingerprint density at radius 1 is 1.60 bits per heavy atom.